The van der Waals surface area contributed by atoms with Gasteiger partial charge in [0.1, 0.15) is 5.82 Å². The molecule has 1 unspecified atom stereocenters. The van der Waals surface area contributed by atoms with Crippen LogP contribution in [0.1, 0.15) is 17.5 Å². The van der Waals surface area contributed by atoms with Gasteiger partial charge in [-0.2, -0.15) is 13.2 Å². The van der Waals surface area contributed by atoms with Gasteiger partial charge in [0.05, 0.1) is 5.56 Å². The van der Waals surface area contributed by atoms with Gasteiger partial charge in [0.2, 0.25) is 0 Å². The highest BCUT2D eigenvalue weighted by atomic mass is 19.4. The van der Waals surface area contributed by atoms with Crippen LogP contribution in [0.5, 0.6) is 0 Å². The summed E-state index contributed by atoms with van der Waals surface area (Å²) < 4.78 is 77.4. The molecule has 0 radical (unpaired) electrons. The summed E-state index contributed by atoms with van der Waals surface area (Å²) in [5.41, 5.74) is -5.73. The van der Waals surface area contributed by atoms with Crippen LogP contribution in [0.3, 0.4) is 0 Å². The molecule has 1 fully saturated rings. The minimum Gasteiger partial charge on any atom is -0.480 e. The molecule has 1 saturated carbocycles. The van der Waals surface area contributed by atoms with E-state index in [1.165, 1.54) is 0 Å². The third-order valence-corrected chi connectivity index (χ3v) is 3.10. The summed E-state index contributed by atoms with van der Waals surface area (Å²) in [7, 11) is 0. The summed E-state index contributed by atoms with van der Waals surface area (Å²) in [5, 5.41) is 8.81. The molecule has 0 bridgehead atoms. The molecule has 0 amide bonds. The first-order chi connectivity index (χ1) is 8.52. The van der Waals surface area contributed by atoms with Crippen molar-refractivity contribution in [3.8, 4) is 0 Å². The van der Waals surface area contributed by atoms with Gasteiger partial charge in [0.25, 0.3) is 5.92 Å². The average molecular weight is 284 g/mol. The number of benzene rings is 1. The molecule has 1 aliphatic carbocycles. The van der Waals surface area contributed by atoms with Crippen LogP contribution in [0, 0.1) is 5.82 Å². The number of hydrogen-bond acceptors (Lipinski definition) is 1. The lowest BCUT2D eigenvalue weighted by atomic mass is 9.90. The van der Waals surface area contributed by atoms with Crippen LogP contribution in [-0.4, -0.2) is 17.0 Å². The van der Waals surface area contributed by atoms with Gasteiger partial charge >= 0.3 is 12.1 Å². The Morgan fingerprint density at radius 2 is 1.79 bits per heavy atom. The zero-order valence-electron chi connectivity index (χ0n) is 9.06. The van der Waals surface area contributed by atoms with E-state index >= 15 is 0 Å². The van der Waals surface area contributed by atoms with Crippen LogP contribution in [0.25, 0.3) is 0 Å². The molecule has 2 nitrogen and oxygen atoms in total. The molecule has 19 heavy (non-hydrogen) atoms. The minimum atomic E-state index is -5.11. The average Bonchev–Trinajstić information content (AvgIpc) is 2.81. The van der Waals surface area contributed by atoms with E-state index in [0.717, 1.165) is 0 Å². The molecule has 1 aromatic carbocycles. The highest BCUT2D eigenvalue weighted by Crippen LogP contribution is 2.63. The van der Waals surface area contributed by atoms with E-state index < -0.39 is 46.8 Å². The van der Waals surface area contributed by atoms with Gasteiger partial charge in [-0.3, -0.25) is 4.79 Å². The van der Waals surface area contributed by atoms with Crippen molar-refractivity contribution < 1.29 is 36.2 Å². The van der Waals surface area contributed by atoms with Crippen molar-refractivity contribution in [1.82, 2.24) is 0 Å². The predicted octanol–water partition coefficient (Wildman–Crippen LogP) is 3.21. The summed E-state index contributed by atoms with van der Waals surface area (Å²) in [4.78, 5) is 10.9. The Morgan fingerprint density at radius 1 is 1.26 bits per heavy atom. The maximum Gasteiger partial charge on any atom is 0.416 e. The highest BCUT2D eigenvalue weighted by Gasteiger charge is 2.78. The largest absolute Gasteiger partial charge is 0.480 e. The molecule has 0 spiro atoms. The van der Waals surface area contributed by atoms with Crippen molar-refractivity contribution in [2.75, 3.05) is 0 Å². The lowest BCUT2D eigenvalue weighted by Crippen LogP contribution is -2.30. The Kier molecular flexibility index (Phi) is 2.63. The summed E-state index contributed by atoms with van der Waals surface area (Å²) in [6, 6.07) is 1.01. The fraction of sp³-hybridized carbons (Fsp3) is 0.364. The van der Waals surface area contributed by atoms with Crippen LogP contribution >= 0.6 is 0 Å². The number of aliphatic carboxylic acids is 1. The van der Waals surface area contributed by atoms with Crippen LogP contribution in [0.2, 0.25) is 0 Å². The minimum absolute atomic E-state index is 0.0222. The van der Waals surface area contributed by atoms with Crippen molar-refractivity contribution in [2.24, 2.45) is 0 Å². The maximum absolute atomic E-state index is 13.2. The fourth-order valence-electron chi connectivity index (χ4n) is 2.05. The Balaban J connectivity index is 2.67. The van der Waals surface area contributed by atoms with Crippen molar-refractivity contribution in [1.29, 1.82) is 0 Å². The van der Waals surface area contributed by atoms with E-state index in [1.807, 2.05) is 0 Å². The molecular weight excluding hydrogens is 278 g/mol. The van der Waals surface area contributed by atoms with E-state index in [1.54, 1.807) is 0 Å². The lowest BCUT2D eigenvalue weighted by molar-refractivity contribution is -0.145. The molecule has 0 heterocycles. The van der Waals surface area contributed by atoms with Crippen LogP contribution in [0.15, 0.2) is 18.2 Å². The predicted molar refractivity (Wildman–Crippen MR) is 50.3 cm³/mol. The van der Waals surface area contributed by atoms with Gasteiger partial charge in [-0.1, -0.05) is 6.07 Å². The second kappa shape index (κ2) is 3.64. The maximum atomic E-state index is 13.2. The first-order valence-electron chi connectivity index (χ1n) is 5.01. The van der Waals surface area contributed by atoms with E-state index in [9.17, 15) is 31.1 Å². The third-order valence-electron chi connectivity index (χ3n) is 3.10. The summed E-state index contributed by atoms with van der Waals surface area (Å²) in [6.45, 7) is 0. The molecule has 0 saturated heterocycles. The number of carboxylic acid groups (broad SMARTS) is 1. The Bertz CT molecular complexity index is 551. The van der Waals surface area contributed by atoms with Crippen molar-refractivity contribution >= 4 is 5.97 Å². The molecule has 1 atom stereocenters. The van der Waals surface area contributed by atoms with E-state index in [2.05, 4.69) is 0 Å². The summed E-state index contributed by atoms with van der Waals surface area (Å²) in [5.74, 6) is -7.12. The second-order valence-corrected chi connectivity index (χ2v) is 4.28. The summed E-state index contributed by atoms with van der Waals surface area (Å²) in [6.07, 6.45) is -6.34. The third kappa shape index (κ3) is 1.85. The topological polar surface area (TPSA) is 37.3 Å². The van der Waals surface area contributed by atoms with Gasteiger partial charge in [-0.25, -0.2) is 13.2 Å². The monoisotopic (exact) mass is 284 g/mol. The van der Waals surface area contributed by atoms with E-state index in [4.69, 9.17) is 5.11 Å². The van der Waals surface area contributed by atoms with Gasteiger partial charge < -0.3 is 5.11 Å². The Morgan fingerprint density at radius 3 is 2.16 bits per heavy atom. The molecule has 2 rings (SSSR count). The zero-order valence-corrected chi connectivity index (χ0v) is 9.06. The van der Waals surface area contributed by atoms with E-state index in [0.29, 0.717) is 12.1 Å². The smallest absolute Gasteiger partial charge is 0.416 e. The molecule has 104 valence electrons. The molecule has 1 aliphatic rings. The molecule has 1 N–H and O–H groups in total. The SMILES string of the molecule is O=C(O)C1(c2ccc(F)cc2C(F)(F)F)CC1(F)F. The van der Waals surface area contributed by atoms with Gasteiger partial charge in [0.15, 0.2) is 5.41 Å². The Labute approximate surface area is 102 Å². The van der Waals surface area contributed by atoms with Crippen molar-refractivity contribution in [3.63, 3.8) is 0 Å². The molecular formula is C11H6F6O2. The number of alkyl halides is 5. The van der Waals surface area contributed by atoms with Crippen molar-refractivity contribution in [2.45, 2.75) is 23.9 Å². The Hall–Kier alpha value is -1.73. The van der Waals surface area contributed by atoms with Crippen LogP contribution < -0.4 is 0 Å². The van der Waals surface area contributed by atoms with Crippen LogP contribution in [0.4, 0.5) is 26.3 Å². The molecule has 1 aromatic rings. The fourth-order valence-corrected chi connectivity index (χ4v) is 2.05. The standard InChI is InChI=1S/C11H6F6O2/c12-5-1-2-6(7(3-5)11(15,16)17)9(8(18)19)4-10(9,13)14/h1-3H,4H2,(H,18,19). The highest BCUT2D eigenvalue weighted by molar-refractivity contribution is 5.88. The number of carboxylic acids is 1. The van der Waals surface area contributed by atoms with Gasteiger partial charge in [0, 0.05) is 6.42 Å². The number of hydrogen-bond donors (Lipinski definition) is 1. The lowest BCUT2D eigenvalue weighted by Gasteiger charge is -2.18. The number of carbonyl (C=O) groups is 1. The normalized spacial score (nSPS) is 25.2. The zero-order chi connectivity index (χ0) is 14.6. The second-order valence-electron chi connectivity index (χ2n) is 4.28. The van der Waals surface area contributed by atoms with Crippen molar-refractivity contribution in [3.05, 3.63) is 35.1 Å². The summed E-state index contributed by atoms with van der Waals surface area (Å²) >= 11 is 0. The number of halogens is 6. The van der Waals surface area contributed by atoms with Gasteiger partial charge in [-0.05, 0) is 17.7 Å². The first kappa shape index (κ1) is 13.7. The first-order valence-corrected chi connectivity index (χ1v) is 5.01. The quantitative estimate of drug-likeness (QED) is 0.847. The molecule has 0 aliphatic heterocycles. The molecule has 0 aromatic heterocycles. The molecule has 8 heteroatoms. The van der Waals surface area contributed by atoms with E-state index in [-0.39, 0.29) is 6.07 Å². The van der Waals surface area contributed by atoms with Gasteiger partial charge in [-0.15, -0.1) is 0 Å². The van der Waals surface area contributed by atoms with Crippen LogP contribution in [-0.2, 0) is 16.4 Å². The number of rotatable bonds is 2.